The Morgan fingerprint density at radius 2 is 2.00 bits per heavy atom. The third-order valence-corrected chi connectivity index (χ3v) is 4.10. The van der Waals surface area contributed by atoms with Gasteiger partial charge in [-0.3, -0.25) is 0 Å². The van der Waals surface area contributed by atoms with Gasteiger partial charge in [-0.1, -0.05) is 20.8 Å². The molecule has 108 valence electrons. The molecule has 0 aliphatic heterocycles. The number of thiazole rings is 1. The normalized spacial score (nSPS) is 11.3. The Labute approximate surface area is 121 Å². The third kappa shape index (κ3) is 3.22. The average Bonchev–Trinajstić information content (AvgIpc) is 2.84. The fourth-order valence-corrected chi connectivity index (χ4v) is 3.11. The summed E-state index contributed by atoms with van der Waals surface area (Å²) in [6.07, 6.45) is 0. The molecule has 2 rings (SSSR count). The lowest BCUT2D eigenvalue weighted by molar-refractivity contribution is 0.509. The second-order valence-corrected chi connectivity index (χ2v) is 5.97. The molecular formula is C15H18F2N2S. The van der Waals surface area contributed by atoms with Crippen LogP contribution in [0.2, 0.25) is 0 Å². The van der Waals surface area contributed by atoms with Crippen LogP contribution in [0.3, 0.4) is 0 Å². The number of hydrogen-bond donors (Lipinski definition) is 1. The summed E-state index contributed by atoms with van der Waals surface area (Å²) < 4.78 is 26.3. The van der Waals surface area contributed by atoms with Gasteiger partial charge in [-0.25, -0.2) is 13.8 Å². The molecule has 20 heavy (non-hydrogen) atoms. The quantitative estimate of drug-likeness (QED) is 0.888. The van der Waals surface area contributed by atoms with E-state index in [0.717, 1.165) is 34.7 Å². The van der Waals surface area contributed by atoms with Gasteiger partial charge in [0.2, 0.25) is 0 Å². The van der Waals surface area contributed by atoms with E-state index in [0.29, 0.717) is 11.5 Å². The SMILES string of the molecule is CCNCc1sc(-c2ccc(F)c(F)c2)nc1C(C)C. The third-order valence-electron chi connectivity index (χ3n) is 2.98. The van der Waals surface area contributed by atoms with Gasteiger partial charge < -0.3 is 5.32 Å². The van der Waals surface area contributed by atoms with E-state index in [4.69, 9.17) is 0 Å². The highest BCUT2D eigenvalue weighted by molar-refractivity contribution is 7.15. The van der Waals surface area contributed by atoms with E-state index in [1.54, 1.807) is 6.07 Å². The van der Waals surface area contributed by atoms with Crippen molar-refractivity contribution in [1.82, 2.24) is 10.3 Å². The monoisotopic (exact) mass is 296 g/mol. The first-order chi connectivity index (χ1) is 9.52. The molecule has 0 saturated carbocycles. The van der Waals surface area contributed by atoms with E-state index >= 15 is 0 Å². The Balaban J connectivity index is 2.38. The molecule has 0 radical (unpaired) electrons. The molecule has 0 aliphatic carbocycles. The molecule has 0 amide bonds. The first-order valence-electron chi connectivity index (χ1n) is 6.68. The van der Waals surface area contributed by atoms with Gasteiger partial charge >= 0.3 is 0 Å². The van der Waals surface area contributed by atoms with Crippen LogP contribution in [0, 0.1) is 11.6 Å². The maximum absolute atomic E-state index is 13.3. The zero-order chi connectivity index (χ0) is 14.7. The van der Waals surface area contributed by atoms with Crippen LogP contribution < -0.4 is 5.32 Å². The van der Waals surface area contributed by atoms with Gasteiger partial charge in [-0.2, -0.15) is 0 Å². The van der Waals surface area contributed by atoms with Crippen LogP contribution in [0.1, 0.15) is 37.3 Å². The van der Waals surface area contributed by atoms with Crippen molar-refractivity contribution in [2.24, 2.45) is 0 Å². The lowest BCUT2D eigenvalue weighted by Gasteiger charge is -2.04. The fraction of sp³-hybridized carbons (Fsp3) is 0.400. The molecule has 1 aromatic carbocycles. The minimum atomic E-state index is -0.836. The van der Waals surface area contributed by atoms with Crippen LogP contribution in [-0.2, 0) is 6.54 Å². The number of rotatable bonds is 5. The molecule has 0 fully saturated rings. The minimum Gasteiger partial charge on any atom is -0.312 e. The van der Waals surface area contributed by atoms with Crippen molar-refractivity contribution in [2.45, 2.75) is 33.2 Å². The Morgan fingerprint density at radius 3 is 2.60 bits per heavy atom. The van der Waals surface area contributed by atoms with Crippen molar-refractivity contribution in [3.8, 4) is 10.6 Å². The predicted octanol–water partition coefficient (Wildman–Crippen LogP) is 4.32. The van der Waals surface area contributed by atoms with Crippen molar-refractivity contribution >= 4 is 11.3 Å². The first-order valence-corrected chi connectivity index (χ1v) is 7.50. The molecule has 0 unspecified atom stereocenters. The summed E-state index contributed by atoms with van der Waals surface area (Å²) in [6, 6.07) is 3.92. The molecule has 0 bridgehead atoms. The summed E-state index contributed by atoms with van der Waals surface area (Å²) in [5, 5.41) is 4.02. The van der Waals surface area contributed by atoms with Crippen molar-refractivity contribution in [3.63, 3.8) is 0 Å². The van der Waals surface area contributed by atoms with Crippen molar-refractivity contribution in [1.29, 1.82) is 0 Å². The van der Waals surface area contributed by atoms with Gasteiger partial charge in [0.15, 0.2) is 11.6 Å². The Bertz CT molecular complexity index is 594. The number of nitrogens with zero attached hydrogens (tertiary/aromatic N) is 1. The van der Waals surface area contributed by atoms with E-state index in [1.165, 1.54) is 17.4 Å². The average molecular weight is 296 g/mol. The van der Waals surface area contributed by atoms with Crippen LogP contribution >= 0.6 is 11.3 Å². The molecule has 0 saturated heterocycles. The van der Waals surface area contributed by atoms with Crippen molar-refractivity contribution < 1.29 is 8.78 Å². The topological polar surface area (TPSA) is 24.9 Å². The number of benzene rings is 1. The van der Waals surface area contributed by atoms with Gasteiger partial charge in [0, 0.05) is 17.0 Å². The maximum atomic E-state index is 13.3. The summed E-state index contributed by atoms with van der Waals surface area (Å²) in [7, 11) is 0. The van der Waals surface area contributed by atoms with Gasteiger partial charge in [-0.05, 0) is 30.7 Å². The molecule has 1 N–H and O–H groups in total. The van der Waals surface area contributed by atoms with Crippen molar-refractivity contribution in [3.05, 3.63) is 40.4 Å². The number of aromatic nitrogens is 1. The first kappa shape index (κ1) is 15.1. The molecule has 0 aliphatic rings. The summed E-state index contributed by atoms with van der Waals surface area (Å²) in [4.78, 5) is 5.75. The number of hydrogen-bond acceptors (Lipinski definition) is 3. The van der Waals surface area contributed by atoms with E-state index < -0.39 is 11.6 Å². The second-order valence-electron chi connectivity index (χ2n) is 4.89. The fourth-order valence-electron chi connectivity index (χ4n) is 1.93. The smallest absolute Gasteiger partial charge is 0.159 e. The van der Waals surface area contributed by atoms with E-state index in [-0.39, 0.29) is 0 Å². The van der Waals surface area contributed by atoms with Gasteiger partial charge in [-0.15, -0.1) is 11.3 Å². The Kier molecular flexibility index (Phi) is 4.83. The maximum Gasteiger partial charge on any atom is 0.159 e. The summed E-state index contributed by atoms with van der Waals surface area (Å²) in [5.41, 5.74) is 1.65. The molecule has 1 heterocycles. The molecule has 5 heteroatoms. The van der Waals surface area contributed by atoms with Crippen LogP contribution in [0.5, 0.6) is 0 Å². The Morgan fingerprint density at radius 1 is 1.25 bits per heavy atom. The van der Waals surface area contributed by atoms with Crippen LogP contribution in [-0.4, -0.2) is 11.5 Å². The lowest BCUT2D eigenvalue weighted by atomic mass is 10.1. The predicted molar refractivity (Wildman–Crippen MR) is 78.9 cm³/mol. The van der Waals surface area contributed by atoms with Gasteiger partial charge in [0.1, 0.15) is 5.01 Å². The van der Waals surface area contributed by atoms with E-state index in [9.17, 15) is 8.78 Å². The molecule has 2 nitrogen and oxygen atoms in total. The Hall–Kier alpha value is -1.33. The standard InChI is InChI=1S/C15H18F2N2S/c1-4-18-8-13-14(9(2)3)19-15(20-13)10-5-6-11(16)12(17)7-10/h5-7,9,18H,4,8H2,1-3H3. The van der Waals surface area contributed by atoms with Gasteiger partial charge in [0.05, 0.1) is 5.69 Å². The summed E-state index contributed by atoms with van der Waals surface area (Å²) in [6.45, 7) is 7.85. The molecule has 0 atom stereocenters. The lowest BCUT2D eigenvalue weighted by Crippen LogP contribution is -2.12. The highest BCUT2D eigenvalue weighted by Gasteiger charge is 2.16. The van der Waals surface area contributed by atoms with Crippen molar-refractivity contribution in [2.75, 3.05) is 6.54 Å². The van der Waals surface area contributed by atoms with Crippen LogP contribution in [0.4, 0.5) is 8.78 Å². The van der Waals surface area contributed by atoms with Crippen LogP contribution in [0.25, 0.3) is 10.6 Å². The zero-order valence-corrected chi connectivity index (χ0v) is 12.7. The summed E-state index contributed by atoms with van der Waals surface area (Å²) >= 11 is 1.53. The summed E-state index contributed by atoms with van der Waals surface area (Å²) in [5.74, 6) is -1.36. The van der Waals surface area contributed by atoms with Gasteiger partial charge in [0.25, 0.3) is 0 Å². The number of halogens is 2. The van der Waals surface area contributed by atoms with E-state index in [1.807, 2.05) is 6.92 Å². The molecule has 0 spiro atoms. The van der Waals surface area contributed by atoms with E-state index in [2.05, 4.69) is 24.1 Å². The highest BCUT2D eigenvalue weighted by atomic mass is 32.1. The highest BCUT2D eigenvalue weighted by Crippen LogP contribution is 2.32. The molecule has 1 aromatic heterocycles. The van der Waals surface area contributed by atoms with Crippen LogP contribution in [0.15, 0.2) is 18.2 Å². The second kappa shape index (κ2) is 6.41. The zero-order valence-electron chi connectivity index (χ0n) is 11.8. The number of nitrogens with one attached hydrogen (secondary N) is 1. The molecule has 2 aromatic rings. The molecular weight excluding hydrogens is 278 g/mol. The largest absolute Gasteiger partial charge is 0.312 e. The minimum absolute atomic E-state index is 0.305.